The second-order valence-electron chi connectivity index (χ2n) is 4.45. The number of esters is 1. The first kappa shape index (κ1) is 24.5. The first-order valence-corrected chi connectivity index (χ1v) is 7.55. The van der Waals surface area contributed by atoms with Crippen molar-refractivity contribution in [2.75, 3.05) is 53.2 Å². The molecule has 0 aromatic carbocycles. The van der Waals surface area contributed by atoms with Gasteiger partial charge in [-0.3, -0.25) is 31.0 Å². The van der Waals surface area contributed by atoms with Gasteiger partial charge in [0.1, 0.15) is 13.2 Å². The van der Waals surface area contributed by atoms with Crippen LogP contribution in [0.3, 0.4) is 0 Å². The fourth-order valence-electron chi connectivity index (χ4n) is 1.65. The molecule has 10 nitrogen and oxygen atoms in total. The van der Waals surface area contributed by atoms with E-state index in [0.29, 0.717) is 45.8 Å². The number of methoxy groups -OCH3 is 1. The van der Waals surface area contributed by atoms with Gasteiger partial charge in [-0.1, -0.05) is 0 Å². The van der Waals surface area contributed by atoms with E-state index in [9.17, 15) is 14.4 Å². The van der Waals surface area contributed by atoms with Gasteiger partial charge in [-0.05, 0) is 12.8 Å². The van der Waals surface area contributed by atoms with Crippen molar-refractivity contribution in [3.05, 3.63) is 0 Å². The number of hydrazine groups is 1. The van der Waals surface area contributed by atoms with Gasteiger partial charge >= 0.3 is 5.97 Å². The minimum Gasteiger partial charge on any atom is -0.467 e. The largest absolute Gasteiger partial charge is 0.467 e. The van der Waals surface area contributed by atoms with Gasteiger partial charge in [-0.2, -0.15) is 0 Å². The van der Waals surface area contributed by atoms with Crippen molar-refractivity contribution in [3.63, 3.8) is 0 Å². The highest BCUT2D eigenvalue weighted by molar-refractivity contribution is 5.69. The van der Waals surface area contributed by atoms with E-state index in [4.69, 9.17) is 9.47 Å². The highest BCUT2D eigenvalue weighted by Gasteiger charge is 2.09. The zero-order valence-electron chi connectivity index (χ0n) is 14.2. The number of hydrogen-bond acceptors (Lipinski definition) is 10. The van der Waals surface area contributed by atoms with Gasteiger partial charge in [0, 0.05) is 33.4 Å². The van der Waals surface area contributed by atoms with Gasteiger partial charge in [0.15, 0.2) is 0 Å². The van der Waals surface area contributed by atoms with E-state index in [1.807, 2.05) is 4.90 Å². The van der Waals surface area contributed by atoms with Crippen molar-refractivity contribution in [1.29, 1.82) is 0 Å². The van der Waals surface area contributed by atoms with Crippen molar-refractivity contribution in [2.45, 2.75) is 19.3 Å². The van der Waals surface area contributed by atoms with Crippen LogP contribution in [0.5, 0.6) is 0 Å². The highest BCUT2D eigenvalue weighted by Crippen LogP contribution is 1.97. The molecule has 0 aromatic rings. The normalized spacial score (nSPS) is 9.67. The summed E-state index contributed by atoms with van der Waals surface area (Å²) in [6.45, 7) is 3.57. The number of unbranched alkanes of at least 4 members (excludes halogenated alkanes) is 1. The second kappa shape index (κ2) is 21.2. The lowest BCUT2D eigenvalue weighted by Crippen LogP contribution is -2.33. The predicted octanol–water partition coefficient (Wildman–Crippen LogP) is -1.19. The molecule has 0 bridgehead atoms. The molecule has 0 aromatic heterocycles. The van der Waals surface area contributed by atoms with E-state index >= 15 is 0 Å². The average Bonchev–Trinajstić information content (AvgIpc) is 2.61. The molecular formula is C14H29N3O7. The summed E-state index contributed by atoms with van der Waals surface area (Å²) in [5, 5.41) is 0. The zero-order chi connectivity index (χ0) is 18.5. The molecule has 0 saturated heterocycles. The Morgan fingerprint density at radius 1 is 0.917 bits per heavy atom. The Balaban J connectivity index is 0. The van der Waals surface area contributed by atoms with Crippen molar-refractivity contribution >= 4 is 18.9 Å². The van der Waals surface area contributed by atoms with Gasteiger partial charge < -0.3 is 18.9 Å². The Kier molecular flexibility index (Phi) is 21.7. The van der Waals surface area contributed by atoms with Crippen LogP contribution in [0, 0.1) is 0 Å². The summed E-state index contributed by atoms with van der Waals surface area (Å²) in [5.74, 6) is 7.72. The van der Waals surface area contributed by atoms with Crippen LogP contribution in [0.1, 0.15) is 19.3 Å². The molecule has 0 aliphatic heterocycles. The maximum absolute atomic E-state index is 11.6. The lowest BCUT2D eigenvalue weighted by atomic mass is 10.3. The monoisotopic (exact) mass is 351 g/mol. The van der Waals surface area contributed by atoms with E-state index in [2.05, 4.69) is 21.2 Å². The fraction of sp³-hybridized carbons (Fsp3) is 0.786. The van der Waals surface area contributed by atoms with Crippen LogP contribution in [-0.2, 0) is 33.3 Å². The third-order valence-electron chi connectivity index (χ3n) is 2.82. The average molecular weight is 351 g/mol. The van der Waals surface area contributed by atoms with Crippen LogP contribution < -0.4 is 11.7 Å². The molecule has 10 heteroatoms. The van der Waals surface area contributed by atoms with Gasteiger partial charge in [0.25, 0.3) is 12.9 Å². The number of rotatable bonds is 16. The minimum atomic E-state index is -0.282. The van der Waals surface area contributed by atoms with Gasteiger partial charge in [-0.15, -0.1) is 0 Å². The van der Waals surface area contributed by atoms with Crippen LogP contribution in [0.4, 0.5) is 0 Å². The van der Waals surface area contributed by atoms with Crippen LogP contribution >= 0.6 is 0 Å². The van der Waals surface area contributed by atoms with Crippen LogP contribution in [0.25, 0.3) is 0 Å². The predicted molar refractivity (Wildman–Crippen MR) is 85.5 cm³/mol. The summed E-state index contributed by atoms with van der Waals surface area (Å²) < 4.78 is 19.2. The summed E-state index contributed by atoms with van der Waals surface area (Å²) >= 11 is 0. The molecule has 0 saturated carbocycles. The van der Waals surface area contributed by atoms with Crippen LogP contribution in [0.2, 0.25) is 0 Å². The molecule has 0 unspecified atom stereocenters. The Bertz CT molecular complexity index is 292. The molecule has 4 N–H and O–H groups in total. The van der Waals surface area contributed by atoms with E-state index < -0.39 is 0 Å². The first-order chi connectivity index (χ1) is 11.7. The van der Waals surface area contributed by atoms with E-state index in [1.54, 1.807) is 7.11 Å². The number of hydrogen-bond donors (Lipinski definition) is 2. The molecule has 0 rings (SSSR count). The number of ether oxygens (including phenoxy) is 4. The molecule has 0 radical (unpaired) electrons. The molecule has 0 amide bonds. The summed E-state index contributed by atoms with van der Waals surface area (Å²) in [4.78, 5) is 33.7. The van der Waals surface area contributed by atoms with E-state index in [-0.39, 0.29) is 25.6 Å². The number of carbonyl (C=O) groups is 3. The molecule has 0 spiro atoms. The van der Waals surface area contributed by atoms with Crippen LogP contribution in [0.15, 0.2) is 0 Å². The summed E-state index contributed by atoms with van der Waals surface area (Å²) in [7, 11) is 1.63. The highest BCUT2D eigenvalue weighted by atomic mass is 16.5. The molecular weight excluding hydrogens is 322 g/mol. The fourth-order valence-corrected chi connectivity index (χ4v) is 1.65. The van der Waals surface area contributed by atoms with Gasteiger partial charge in [-0.25, -0.2) is 0 Å². The third-order valence-corrected chi connectivity index (χ3v) is 2.82. The van der Waals surface area contributed by atoms with Crippen LogP contribution in [-0.4, -0.2) is 77.0 Å². The maximum Gasteiger partial charge on any atom is 0.307 e. The molecule has 0 heterocycles. The molecule has 0 fully saturated rings. The minimum absolute atomic E-state index is 0.219. The topological polar surface area (TPSA) is 143 Å². The third kappa shape index (κ3) is 18.3. The Morgan fingerprint density at radius 3 is 1.96 bits per heavy atom. The Morgan fingerprint density at radius 2 is 1.46 bits per heavy atom. The SMILES string of the molecule is COCCCCOC(=O)CCN(CCOC=O)CCOC=O.NN. The second-order valence-corrected chi connectivity index (χ2v) is 4.45. The smallest absolute Gasteiger partial charge is 0.307 e. The molecule has 0 atom stereocenters. The number of nitrogens with zero attached hydrogens (tertiary/aromatic N) is 1. The van der Waals surface area contributed by atoms with E-state index in [0.717, 1.165) is 12.8 Å². The van der Waals surface area contributed by atoms with E-state index in [1.165, 1.54) is 0 Å². The lowest BCUT2D eigenvalue weighted by Gasteiger charge is -2.20. The lowest BCUT2D eigenvalue weighted by molar-refractivity contribution is -0.144. The van der Waals surface area contributed by atoms with Crippen molar-refractivity contribution in [1.82, 2.24) is 4.90 Å². The number of carbonyl (C=O) groups excluding carboxylic acids is 3. The maximum atomic E-state index is 11.6. The summed E-state index contributed by atoms with van der Waals surface area (Å²) in [5.41, 5.74) is 0. The zero-order valence-corrected chi connectivity index (χ0v) is 14.2. The molecule has 0 aliphatic rings. The summed E-state index contributed by atoms with van der Waals surface area (Å²) in [6.07, 6.45) is 1.85. The standard InChI is InChI=1S/C14H25NO7.H4N2/c1-19-8-2-3-9-22-14(18)4-5-15(6-10-20-12-16)7-11-21-13-17;1-2/h12-13H,2-11H2,1H3;1-2H2. The summed E-state index contributed by atoms with van der Waals surface area (Å²) in [6, 6.07) is 0. The van der Waals surface area contributed by atoms with Crippen molar-refractivity contribution in [2.24, 2.45) is 11.7 Å². The number of nitrogens with two attached hydrogens (primary N) is 2. The molecule has 0 aliphatic carbocycles. The van der Waals surface area contributed by atoms with Crippen molar-refractivity contribution < 1.29 is 33.3 Å². The quantitative estimate of drug-likeness (QED) is 0.0870. The van der Waals surface area contributed by atoms with Crippen molar-refractivity contribution in [3.8, 4) is 0 Å². The van der Waals surface area contributed by atoms with Gasteiger partial charge in [0.05, 0.1) is 13.0 Å². The Hall–Kier alpha value is -1.75. The molecule has 24 heavy (non-hydrogen) atoms. The molecule has 142 valence electrons. The first-order valence-electron chi connectivity index (χ1n) is 7.55. The van der Waals surface area contributed by atoms with Gasteiger partial charge in [0.2, 0.25) is 0 Å². The Labute approximate surface area is 142 Å².